The third-order valence-corrected chi connectivity index (χ3v) is 19.3. The molecule has 4 atom stereocenters. The predicted octanol–water partition coefficient (Wildman–Crippen LogP) is 7.24. The van der Waals surface area contributed by atoms with Crippen molar-refractivity contribution in [2.24, 2.45) is 11.8 Å². The first-order valence-electron chi connectivity index (χ1n) is 25.9. The molecule has 2 aromatic carbocycles. The van der Waals surface area contributed by atoms with Gasteiger partial charge in [0.2, 0.25) is 31.3 Å². The van der Waals surface area contributed by atoms with Gasteiger partial charge in [0.25, 0.3) is 0 Å². The second-order valence-corrected chi connectivity index (χ2v) is 25.1. The number of unbranched alkanes of at least 4 members (excludes halogenated alkanes) is 1. The number of hydrogen-bond donors (Lipinski definition) is 0. The van der Waals surface area contributed by atoms with Crippen LogP contribution in [0.25, 0.3) is 0 Å². The van der Waals surface area contributed by atoms with Gasteiger partial charge in [0.05, 0.1) is 37.1 Å². The number of hydroxylamine groups is 2. The van der Waals surface area contributed by atoms with E-state index in [2.05, 4.69) is 27.7 Å². The van der Waals surface area contributed by atoms with Crippen molar-refractivity contribution in [3.8, 4) is 11.5 Å². The Balaban J connectivity index is 1.10. The van der Waals surface area contributed by atoms with Crippen molar-refractivity contribution in [1.29, 1.82) is 0 Å². The number of benzene rings is 2. The van der Waals surface area contributed by atoms with Crippen LogP contribution < -0.4 is 19.3 Å². The molecule has 0 aromatic heterocycles. The van der Waals surface area contributed by atoms with Gasteiger partial charge in [-0.3, -0.25) is 4.18 Å². The van der Waals surface area contributed by atoms with Crippen molar-refractivity contribution in [2.45, 2.75) is 111 Å². The van der Waals surface area contributed by atoms with Crippen LogP contribution >= 0.6 is 0 Å². The minimum atomic E-state index is -3.46. The topological polar surface area (TPSA) is 159 Å². The molecule has 16 nitrogen and oxygen atoms in total. The van der Waals surface area contributed by atoms with Gasteiger partial charge in [-0.2, -0.15) is 13.7 Å². The molecular formula is C49H84N6O10S4. The van der Waals surface area contributed by atoms with E-state index in [1.165, 1.54) is 6.42 Å². The highest BCUT2D eigenvalue weighted by molar-refractivity contribution is 7.89. The van der Waals surface area contributed by atoms with Crippen LogP contribution in [-0.4, -0.2) is 159 Å². The lowest BCUT2D eigenvalue weighted by atomic mass is 10.0. The molecule has 3 aliphatic heterocycles. The van der Waals surface area contributed by atoms with Crippen LogP contribution in [0.3, 0.4) is 0 Å². The van der Waals surface area contributed by atoms with Crippen LogP contribution in [0.4, 0.5) is 11.4 Å². The quantitative estimate of drug-likeness (QED) is 0.0705. The first-order chi connectivity index (χ1) is 33.3. The fourth-order valence-electron chi connectivity index (χ4n) is 8.91. The second-order valence-electron chi connectivity index (χ2n) is 18.6. The Morgan fingerprint density at radius 2 is 1.06 bits per heavy atom. The molecule has 4 unspecified atom stereocenters. The highest BCUT2D eigenvalue weighted by atomic mass is 32.2. The molecule has 2 aromatic rings. The van der Waals surface area contributed by atoms with E-state index in [0.29, 0.717) is 90.5 Å². The largest absolute Gasteiger partial charge is 0.493 e. The highest BCUT2D eigenvalue weighted by Crippen LogP contribution is 2.25. The van der Waals surface area contributed by atoms with Crippen LogP contribution in [0.15, 0.2) is 48.5 Å². The molecule has 394 valence electrons. The molecule has 69 heavy (non-hydrogen) atoms. The Morgan fingerprint density at radius 3 is 1.52 bits per heavy atom. The maximum atomic E-state index is 13.4. The number of sulfonamides is 2. The van der Waals surface area contributed by atoms with Crippen molar-refractivity contribution in [1.82, 2.24) is 18.0 Å². The van der Waals surface area contributed by atoms with Crippen molar-refractivity contribution in [3.05, 3.63) is 48.5 Å². The molecule has 0 bridgehead atoms. The standard InChI is InChI=1S/C49H84N6O10S4/c1-5-9-17-45(8-4)43-63-49-24-20-47(21-25-49)51(37-41-69(60,61)55-28-14-11-15-29-55)35-39-66(56)65-52-30-32-53(33-31-52)67(57)64-38-34-50(36-40-68(58,59)54-26-12-10-13-27-54)46-18-22-48(23-19-46)62-42-44(7-3)16-6-2/h18-25,44-45H,5-17,26-43H2,1-4H3. The Bertz CT molecular complexity index is 2020. The number of piperazine rings is 1. The predicted molar refractivity (Wildman–Crippen MR) is 280 cm³/mol. The van der Waals surface area contributed by atoms with Gasteiger partial charge < -0.3 is 19.3 Å². The number of hydrogen-bond acceptors (Lipinski definition) is 13. The third kappa shape index (κ3) is 19.9. The van der Waals surface area contributed by atoms with Crippen LogP contribution in [0.2, 0.25) is 0 Å². The molecule has 0 spiro atoms. The van der Waals surface area contributed by atoms with E-state index in [1.54, 1.807) is 18.0 Å². The van der Waals surface area contributed by atoms with E-state index in [-0.39, 0.29) is 37.0 Å². The van der Waals surface area contributed by atoms with Crippen molar-refractivity contribution in [2.75, 3.05) is 125 Å². The first-order valence-corrected chi connectivity index (χ1v) is 31.4. The summed E-state index contributed by atoms with van der Waals surface area (Å²) in [6.45, 7) is 14.9. The van der Waals surface area contributed by atoms with E-state index in [4.69, 9.17) is 17.9 Å². The normalized spacial score (nSPS) is 18.9. The average Bonchev–Trinajstić information content (AvgIpc) is 3.37. The van der Waals surface area contributed by atoms with Gasteiger partial charge in [-0.25, -0.2) is 33.9 Å². The molecule has 3 heterocycles. The van der Waals surface area contributed by atoms with Gasteiger partial charge in [-0.1, -0.05) is 72.6 Å². The monoisotopic (exact) mass is 1040 g/mol. The molecule has 3 saturated heterocycles. The molecule has 0 aliphatic carbocycles. The first kappa shape index (κ1) is 57.5. The van der Waals surface area contributed by atoms with E-state index in [9.17, 15) is 25.3 Å². The SMILES string of the molecule is CCCCC(CC)COc1ccc(N(CCS(=O)ON2CCN(S(=O)OCCN(CCS(=O)(=O)N3CCCCC3)c3ccc(OCC(CC)CCC)cc3)CC2)CCS(=O)(=O)N2CCCCC2)cc1. The summed E-state index contributed by atoms with van der Waals surface area (Å²) in [5.41, 5.74) is 1.65. The molecular weight excluding hydrogens is 961 g/mol. The molecule has 3 fully saturated rings. The summed E-state index contributed by atoms with van der Waals surface area (Å²) < 4.78 is 109. The highest BCUT2D eigenvalue weighted by Gasteiger charge is 2.28. The zero-order chi connectivity index (χ0) is 49.5. The smallest absolute Gasteiger partial charge is 0.237 e. The third-order valence-electron chi connectivity index (χ3n) is 13.5. The minimum Gasteiger partial charge on any atom is -0.493 e. The number of piperidine rings is 2. The Morgan fingerprint density at radius 1 is 0.580 bits per heavy atom. The minimum absolute atomic E-state index is 0.0348. The summed E-state index contributed by atoms with van der Waals surface area (Å²) in [5.74, 6) is 2.59. The van der Waals surface area contributed by atoms with E-state index >= 15 is 0 Å². The Kier molecular flexibility index (Phi) is 25.5. The molecule has 3 aliphatic rings. The summed E-state index contributed by atoms with van der Waals surface area (Å²) in [4.78, 5) is 3.92. The summed E-state index contributed by atoms with van der Waals surface area (Å²) in [5, 5.41) is 1.62. The van der Waals surface area contributed by atoms with E-state index in [0.717, 1.165) is 99.9 Å². The van der Waals surface area contributed by atoms with Crippen molar-refractivity contribution >= 4 is 53.8 Å². The van der Waals surface area contributed by atoms with Crippen LogP contribution in [0, 0.1) is 11.8 Å². The van der Waals surface area contributed by atoms with Gasteiger partial charge in [-0.05, 0) is 98.9 Å². The molecule has 0 amide bonds. The maximum Gasteiger partial charge on any atom is 0.237 e. The van der Waals surface area contributed by atoms with Gasteiger partial charge in [0, 0.05) is 89.9 Å². The number of ether oxygens (including phenoxy) is 2. The number of nitrogens with zero attached hydrogens (tertiary/aromatic N) is 6. The fourth-order valence-corrected chi connectivity index (χ4v) is 13.6. The molecule has 0 radical (unpaired) electrons. The maximum absolute atomic E-state index is 13.4. The summed E-state index contributed by atoms with van der Waals surface area (Å²) in [7, 11) is -6.90. The lowest BCUT2D eigenvalue weighted by Crippen LogP contribution is -2.47. The van der Waals surface area contributed by atoms with Gasteiger partial charge >= 0.3 is 0 Å². The lowest BCUT2D eigenvalue weighted by Gasteiger charge is -2.32. The average molecular weight is 1050 g/mol. The molecule has 5 rings (SSSR count). The summed E-state index contributed by atoms with van der Waals surface area (Å²) in [6.07, 6.45) is 13.4. The Labute approximate surface area is 421 Å². The van der Waals surface area contributed by atoms with Gasteiger partial charge in [0.15, 0.2) is 11.1 Å². The second kappa shape index (κ2) is 30.6. The zero-order valence-corrected chi connectivity index (χ0v) is 45.4. The van der Waals surface area contributed by atoms with Crippen LogP contribution in [0.5, 0.6) is 11.5 Å². The molecule has 0 N–H and O–H groups in total. The fraction of sp³-hybridized carbons (Fsp3) is 0.755. The van der Waals surface area contributed by atoms with E-state index < -0.39 is 42.4 Å². The number of rotatable bonds is 33. The van der Waals surface area contributed by atoms with Crippen molar-refractivity contribution in [3.63, 3.8) is 0 Å². The Hall–Kier alpha value is -2.40. The van der Waals surface area contributed by atoms with E-state index in [1.807, 2.05) is 58.3 Å². The lowest BCUT2D eigenvalue weighted by molar-refractivity contribution is -0.0658. The summed E-state index contributed by atoms with van der Waals surface area (Å²) >= 11 is -3.47. The number of anilines is 2. The van der Waals surface area contributed by atoms with Gasteiger partial charge in [-0.15, -0.1) is 0 Å². The van der Waals surface area contributed by atoms with Crippen LogP contribution in [-0.2, 0) is 50.9 Å². The van der Waals surface area contributed by atoms with Gasteiger partial charge in [0.1, 0.15) is 11.5 Å². The molecule has 20 heteroatoms. The zero-order valence-electron chi connectivity index (χ0n) is 42.1. The van der Waals surface area contributed by atoms with Crippen LogP contribution in [0.1, 0.15) is 111 Å². The summed E-state index contributed by atoms with van der Waals surface area (Å²) in [6, 6.07) is 15.4. The molecule has 0 saturated carbocycles. The van der Waals surface area contributed by atoms with Crippen molar-refractivity contribution < 1.29 is 43.2 Å².